The molecule has 1 unspecified atom stereocenters. The summed E-state index contributed by atoms with van der Waals surface area (Å²) in [7, 11) is -3.36. The second kappa shape index (κ2) is 10.4. The van der Waals surface area contributed by atoms with Crippen LogP contribution >= 0.6 is 0 Å². The van der Waals surface area contributed by atoms with E-state index in [1.54, 1.807) is 24.3 Å². The molecule has 32 heavy (non-hydrogen) atoms. The van der Waals surface area contributed by atoms with Gasteiger partial charge in [0.05, 0.1) is 35.5 Å². The lowest BCUT2D eigenvalue weighted by Gasteiger charge is -2.18. The second-order valence-electron chi connectivity index (χ2n) is 7.24. The molecule has 3 aromatic rings. The zero-order valence-electron chi connectivity index (χ0n) is 17.8. The largest absolute Gasteiger partial charge is 0.375 e. The highest BCUT2D eigenvalue weighted by Gasteiger charge is 2.23. The number of carbonyl (C=O) groups excluding carboxylic acids is 1. The van der Waals surface area contributed by atoms with Crippen LogP contribution < -0.4 is 5.32 Å². The van der Waals surface area contributed by atoms with Gasteiger partial charge in [-0.25, -0.2) is 17.8 Å². The molecule has 1 amide bonds. The third-order valence-corrected chi connectivity index (χ3v) is 5.92. The predicted octanol–water partition coefficient (Wildman–Crippen LogP) is 3.52. The average molecular weight is 458 g/mol. The first-order chi connectivity index (χ1) is 15.3. The van der Waals surface area contributed by atoms with Crippen LogP contribution in [0.5, 0.6) is 0 Å². The van der Waals surface area contributed by atoms with Crippen LogP contribution in [0.4, 0.5) is 10.2 Å². The van der Waals surface area contributed by atoms with Crippen molar-refractivity contribution in [3.63, 3.8) is 0 Å². The van der Waals surface area contributed by atoms with E-state index in [1.807, 2.05) is 6.92 Å². The lowest BCUT2D eigenvalue weighted by molar-refractivity contribution is -0.117. The Morgan fingerprint density at radius 3 is 2.31 bits per heavy atom. The Morgan fingerprint density at radius 2 is 1.75 bits per heavy atom. The summed E-state index contributed by atoms with van der Waals surface area (Å²) in [6, 6.07) is 12.1. The van der Waals surface area contributed by atoms with Gasteiger partial charge in [-0.15, -0.1) is 0 Å². The molecule has 0 radical (unpaired) electrons. The van der Waals surface area contributed by atoms with Gasteiger partial charge >= 0.3 is 0 Å². The van der Waals surface area contributed by atoms with E-state index < -0.39 is 15.8 Å². The third kappa shape index (κ3) is 6.41. The van der Waals surface area contributed by atoms with Crippen LogP contribution in [0, 0.1) is 5.82 Å². The molecule has 0 saturated carbocycles. The molecule has 0 bridgehead atoms. The van der Waals surface area contributed by atoms with E-state index in [2.05, 4.69) is 15.3 Å². The summed E-state index contributed by atoms with van der Waals surface area (Å²) >= 11 is 0. The van der Waals surface area contributed by atoms with Gasteiger partial charge in [0.1, 0.15) is 5.82 Å². The summed E-state index contributed by atoms with van der Waals surface area (Å²) in [5.74, 6) is -1.07. The van der Waals surface area contributed by atoms with Crippen molar-refractivity contribution in [2.45, 2.75) is 30.8 Å². The number of rotatable bonds is 9. The number of hydrogen-bond donors (Lipinski definition) is 1. The number of hydrogen-bond acceptors (Lipinski definition) is 6. The van der Waals surface area contributed by atoms with E-state index in [4.69, 9.17) is 4.74 Å². The van der Waals surface area contributed by atoms with Crippen molar-refractivity contribution in [1.29, 1.82) is 0 Å². The summed E-state index contributed by atoms with van der Waals surface area (Å²) in [5, 5.41) is 2.75. The van der Waals surface area contributed by atoms with Gasteiger partial charge in [-0.2, -0.15) is 0 Å². The number of sulfone groups is 1. The number of amides is 1. The van der Waals surface area contributed by atoms with Crippen molar-refractivity contribution in [2.75, 3.05) is 18.2 Å². The molecule has 1 heterocycles. The number of ether oxygens (including phenoxy) is 1. The molecule has 0 fully saturated rings. The van der Waals surface area contributed by atoms with Crippen molar-refractivity contribution in [2.24, 2.45) is 0 Å². The zero-order chi connectivity index (χ0) is 23.1. The average Bonchev–Trinajstić information content (AvgIpc) is 2.77. The first kappa shape index (κ1) is 23.5. The Hall–Kier alpha value is -3.17. The standard InChI is InChI=1S/C23H24FN3O4S/c1-3-31-15-19-13-26-22(14-25-19)27-23(28)21(12-16-4-8-18(24)9-5-16)17-6-10-20(11-7-17)32(2,29)30/h4-11,13-14,21H,3,12,15H2,1-2H3,(H,26,27,28). The van der Waals surface area contributed by atoms with E-state index in [1.165, 1.54) is 36.7 Å². The van der Waals surface area contributed by atoms with Crippen molar-refractivity contribution in [3.8, 4) is 0 Å². The Labute approximate surface area is 186 Å². The molecule has 1 aromatic heterocycles. The maximum absolute atomic E-state index is 13.3. The summed E-state index contributed by atoms with van der Waals surface area (Å²) < 4.78 is 42.1. The molecule has 1 N–H and O–H groups in total. The predicted molar refractivity (Wildman–Crippen MR) is 118 cm³/mol. The van der Waals surface area contributed by atoms with Crippen molar-refractivity contribution in [3.05, 3.63) is 83.6 Å². The first-order valence-corrected chi connectivity index (χ1v) is 11.9. The van der Waals surface area contributed by atoms with Crippen LogP contribution in [0.1, 0.15) is 29.7 Å². The van der Waals surface area contributed by atoms with Crippen LogP contribution in [0.15, 0.2) is 65.8 Å². The highest BCUT2D eigenvalue weighted by atomic mass is 32.2. The van der Waals surface area contributed by atoms with Crippen LogP contribution in [-0.4, -0.2) is 37.2 Å². The molecule has 0 spiro atoms. The minimum atomic E-state index is -3.36. The maximum atomic E-state index is 13.3. The SMILES string of the molecule is CCOCc1cnc(NC(=O)C(Cc2ccc(F)cc2)c2ccc(S(C)(=O)=O)cc2)cn1. The van der Waals surface area contributed by atoms with E-state index in [9.17, 15) is 17.6 Å². The molecule has 0 aliphatic rings. The summed E-state index contributed by atoms with van der Waals surface area (Å²) in [4.78, 5) is 21.7. The van der Waals surface area contributed by atoms with E-state index in [0.29, 0.717) is 30.9 Å². The Kier molecular flexibility index (Phi) is 7.66. The fourth-order valence-corrected chi connectivity index (χ4v) is 3.71. The van der Waals surface area contributed by atoms with Crippen molar-refractivity contribution in [1.82, 2.24) is 9.97 Å². The minimum absolute atomic E-state index is 0.165. The van der Waals surface area contributed by atoms with Crippen molar-refractivity contribution < 1.29 is 22.3 Å². The molecule has 9 heteroatoms. The topological polar surface area (TPSA) is 98.2 Å². The zero-order valence-corrected chi connectivity index (χ0v) is 18.6. The van der Waals surface area contributed by atoms with Gasteiger partial charge in [-0.05, 0) is 48.7 Å². The third-order valence-electron chi connectivity index (χ3n) is 4.79. The highest BCUT2D eigenvalue weighted by Crippen LogP contribution is 2.24. The van der Waals surface area contributed by atoms with Gasteiger partial charge in [0.15, 0.2) is 15.7 Å². The maximum Gasteiger partial charge on any atom is 0.233 e. The van der Waals surface area contributed by atoms with E-state index >= 15 is 0 Å². The Bertz CT molecular complexity index is 1150. The van der Waals surface area contributed by atoms with Gasteiger partial charge < -0.3 is 10.1 Å². The van der Waals surface area contributed by atoms with Gasteiger partial charge in [0.25, 0.3) is 0 Å². The molecule has 2 aromatic carbocycles. The van der Waals surface area contributed by atoms with Crippen LogP contribution in [0.25, 0.3) is 0 Å². The minimum Gasteiger partial charge on any atom is -0.375 e. The number of carbonyl (C=O) groups is 1. The molecule has 0 aliphatic heterocycles. The highest BCUT2D eigenvalue weighted by molar-refractivity contribution is 7.90. The number of anilines is 1. The molecule has 7 nitrogen and oxygen atoms in total. The number of halogens is 1. The number of benzene rings is 2. The molecule has 1 atom stereocenters. The van der Waals surface area contributed by atoms with Crippen molar-refractivity contribution >= 4 is 21.6 Å². The molecule has 168 valence electrons. The molecule has 0 saturated heterocycles. The summed E-state index contributed by atoms with van der Waals surface area (Å²) in [6.07, 6.45) is 4.40. The fourth-order valence-electron chi connectivity index (χ4n) is 3.08. The monoisotopic (exact) mass is 457 g/mol. The molecular formula is C23H24FN3O4S. The number of nitrogens with zero attached hydrogens (tertiary/aromatic N) is 2. The Balaban J connectivity index is 1.84. The lowest BCUT2D eigenvalue weighted by atomic mass is 9.91. The number of aromatic nitrogens is 2. The van der Waals surface area contributed by atoms with Gasteiger partial charge in [-0.1, -0.05) is 24.3 Å². The molecule has 0 aliphatic carbocycles. The number of nitrogens with one attached hydrogen (secondary N) is 1. The van der Waals surface area contributed by atoms with E-state index in [-0.39, 0.29) is 22.4 Å². The fraction of sp³-hybridized carbons (Fsp3) is 0.261. The molecular weight excluding hydrogens is 433 g/mol. The summed E-state index contributed by atoms with van der Waals surface area (Å²) in [5.41, 5.74) is 2.03. The van der Waals surface area contributed by atoms with Gasteiger partial charge in [0, 0.05) is 12.9 Å². The van der Waals surface area contributed by atoms with E-state index in [0.717, 1.165) is 11.8 Å². The lowest BCUT2D eigenvalue weighted by Crippen LogP contribution is -2.24. The second-order valence-corrected chi connectivity index (χ2v) is 9.26. The quantitative estimate of drug-likeness (QED) is 0.528. The summed E-state index contributed by atoms with van der Waals surface area (Å²) in [6.45, 7) is 2.77. The smallest absolute Gasteiger partial charge is 0.233 e. The Morgan fingerprint density at radius 1 is 1.06 bits per heavy atom. The molecule has 3 rings (SSSR count). The van der Waals surface area contributed by atoms with Gasteiger partial charge in [0.2, 0.25) is 5.91 Å². The van der Waals surface area contributed by atoms with Crippen LogP contribution in [0.2, 0.25) is 0 Å². The first-order valence-electron chi connectivity index (χ1n) is 10.00. The normalized spacial score (nSPS) is 12.3. The van der Waals surface area contributed by atoms with Gasteiger partial charge in [-0.3, -0.25) is 9.78 Å². The van der Waals surface area contributed by atoms with Crippen LogP contribution in [0.3, 0.4) is 0 Å². The van der Waals surface area contributed by atoms with Crippen LogP contribution in [-0.2, 0) is 32.4 Å².